The van der Waals surface area contributed by atoms with Gasteiger partial charge in [-0.2, -0.15) is 0 Å². The monoisotopic (exact) mass is 241 g/mol. The molecule has 2 aliphatic rings. The van der Waals surface area contributed by atoms with Crippen molar-refractivity contribution in [2.45, 2.75) is 50.6 Å². The molecule has 1 N–H and O–H groups in total. The van der Waals surface area contributed by atoms with Crippen molar-refractivity contribution in [1.29, 1.82) is 0 Å². The molecule has 4 nitrogen and oxygen atoms in total. The first-order valence-corrected chi connectivity index (χ1v) is 6.72. The van der Waals surface area contributed by atoms with E-state index in [0.29, 0.717) is 19.3 Å². The first-order chi connectivity index (χ1) is 8.20. The zero-order chi connectivity index (χ0) is 12.3. The van der Waals surface area contributed by atoms with Crippen LogP contribution in [-0.4, -0.2) is 48.3 Å². The number of likely N-dealkylation sites (N-methyl/N-ethyl adjacent to an activating group) is 1. The predicted octanol–water partition coefficient (Wildman–Crippen LogP) is 1.74. The highest BCUT2D eigenvalue weighted by Gasteiger charge is 2.38. The Morgan fingerprint density at radius 3 is 2.41 bits per heavy atom. The lowest BCUT2D eigenvalue weighted by atomic mass is 9.98. The third-order valence-corrected chi connectivity index (χ3v) is 4.29. The molecule has 2 atom stereocenters. The topological polar surface area (TPSA) is 49.8 Å². The van der Waals surface area contributed by atoms with Crippen LogP contribution >= 0.6 is 0 Å². The normalized spacial score (nSPS) is 31.6. The minimum Gasteiger partial charge on any atom is -0.481 e. The van der Waals surface area contributed by atoms with E-state index in [9.17, 15) is 9.90 Å². The maximum Gasteiger partial charge on any atom is 0.310 e. The van der Waals surface area contributed by atoms with Gasteiger partial charge in [-0.1, -0.05) is 25.7 Å². The Balaban J connectivity index is 1.97. The van der Waals surface area contributed by atoms with Crippen molar-refractivity contribution in [2.24, 2.45) is 5.92 Å². The summed E-state index contributed by atoms with van der Waals surface area (Å²) in [6.07, 6.45) is 7.63. The Labute approximate surface area is 103 Å². The van der Waals surface area contributed by atoms with Crippen molar-refractivity contribution in [3.05, 3.63) is 0 Å². The molecule has 1 saturated heterocycles. The van der Waals surface area contributed by atoms with Crippen LogP contribution in [0.25, 0.3) is 0 Å². The minimum atomic E-state index is -0.715. The van der Waals surface area contributed by atoms with Crippen LogP contribution < -0.4 is 0 Å². The molecule has 2 rings (SSSR count). The molecule has 17 heavy (non-hydrogen) atoms. The Morgan fingerprint density at radius 2 is 1.82 bits per heavy atom. The zero-order valence-corrected chi connectivity index (χ0v) is 10.6. The number of carbonyl (C=O) groups is 1. The van der Waals surface area contributed by atoms with Crippen molar-refractivity contribution < 1.29 is 14.6 Å². The summed E-state index contributed by atoms with van der Waals surface area (Å²) in [6.45, 7) is 0.945. The van der Waals surface area contributed by atoms with Crippen LogP contribution in [0, 0.1) is 5.92 Å². The van der Waals surface area contributed by atoms with Gasteiger partial charge in [0.15, 0.2) is 0 Å². The third kappa shape index (κ3) is 2.99. The maximum absolute atomic E-state index is 11.2. The smallest absolute Gasteiger partial charge is 0.310 e. The second-order valence-electron chi connectivity index (χ2n) is 5.36. The highest BCUT2D eigenvalue weighted by Crippen LogP contribution is 2.27. The zero-order valence-electron chi connectivity index (χ0n) is 10.6. The van der Waals surface area contributed by atoms with Crippen LogP contribution in [0.15, 0.2) is 0 Å². The molecule has 0 amide bonds. The molecule has 1 saturated carbocycles. The lowest BCUT2D eigenvalue weighted by Crippen LogP contribution is -2.46. The number of hydrogen-bond donors (Lipinski definition) is 1. The number of carboxylic acids is 1. The summed E-state index contributed by atoms with van der Waals surface area (Å²) in [5.41, 5.74) is 0. The van der Waals surface area contributed by atoms with E-state index >= 15 is 0 Å². The van der Waals surface area contributed by atoms with Crippen LogP contribution in [0.4, 0.5) is 0 Å². The fourth-order valence-electron chi connectivity index (χ4n) is 3.12. The fourth-order valence-corrected chi connectivity index (χ4v) is 3.12. The van der Waals surface area contributed by atoms with Gasteiger partial charge in [-0.15, -0.1) is 0 Å². The van der Waals surface area contributed by atoms with E-state index in [1.807, 2.05) is 0 Å². The van der Waals surface area contributed by atoms with Crippen LogP contribution in [0.5, 0.6) is 0 Å². The van der Waals surface area contributed by atoms with E-state index in [1.54, 1.807) is 0 Å². The largest absolute Gasteiger partial charge is 0.481 e. The molecule has 0 aromatic rings. The number of carboxylic acid groups (broad SMARTS) is 1. The molecule has 0 radical (unpaired) electrons. The van der Waals surface area contributed by atoms with Gasteiger partial charge in [0.2, 0.25) is 0 Å². The summed E-state index contributed by atoms with van der Waals surface area (Å²) in [6, 6.07) is 0.613. The Morgan fingerprint density at radius 1 is 1.18 bits per heavy atom. The van der Waals surface area contributed by atoms with Crippen LogP contribution in [0.1, 0.15) is 38.5 Å². The Hall–Kier alpha value is -0.610. The van der Waals surface area contributed by atoms with Gasteiger partial charge in [-0.25, -0.2) is 0 Å². The van der Waals surface area contributed by atoms with Crippen molar-refractivity contribution in [3.63, 3.8) is 0 Å². The standard InChI is InChI=1S/C13H23NO3/c1-14(10-6-4-2-3-5-7-10)12-9-17-8-11(12)13(15)16/h10-12H,2-9H2,1H3,(H,15,16). The number of rotatable bonds is 3. The van der Waals surface area contributed by atoms with E-state index in [1.165, 1.54) is 38.5 Å². The molecule has 0 aromatic heterocycles. The fraction of sp³-hybridized carbons (Fsp3) is 0.923. The SMILES string of the molecule is CN(C1CCCCCC1)C1COCC1C(=O)O. The molecule has 1 aliphatic carbocycles. The molecule has 1 heterocycles. The molecule has 4 heteroatoms. The average molecular weight is 241 g/mol. The number of nitrogens with zero attached hydrogens (tertiary/aromatic N) is 1. The molecular formula is C13H23NO3. The van der Waals surface area contributed by atoms with Crippen molar-refractivity contribution >= 4 is 5.97 Å². The van der Waals surface area contributed by atoms with Gasteiger partial charge in [0, 0.05) is 12.1 Å². The number of aliphatic carboxylic acids is 1. The second kappa shape index (κ2) is 5.83. The molecule has 0 spiro atoms. The Bertz CT molecular complexity index is 261. The van der Waals surface area contributed by atoms with E-state index in [2.05, 4.69) is 11.9 Å². The number of ether oxygens (including phenoxy) is 1. The maximum atomic E-state index is 11.2. The molecular weight excluding hydrogens is 218 g/mol. The number of hydrogen-bond acceptors (Lipinski definition) is 3. The summed E-state index contributed by atoms with van der Waals surface area (Å²) >= 11 is 0. The predicted molar refractivity (Wildman–Crippen MR) is 65.0 cm³/mol. The van der Waals surface area contributed by atoms with Gasteiger partial charge >= 0.3 is 5.97 Å². The molecule has 2 unspecified atom stereocenters. The molecule has 0 aromatic carbocycles. The molecule has 1 aliphatic heterocycles. The summed E-state index contributed by atoms with van der Waals surface area (Å²) < 4.78 is 5.35. The van der Waals surface area contributed by atoms with Crippen LogP contribution in [0.2, 0.25) is 0 Å². The summed E-state index contributed by atoms with van der Waals surface area (Å²) in [4.78, 5) is 13.4. The van der Waals surface area contributed by atoms with E-state index in [0.717, 1.165) is 0 Å². The second-order valence-corrected chi connectivity index (χ2v) is 5.36. The highest BCUT2D eigenvalue weighted by molar-refractivity contribution is 5.71. The van der Waals surface area contributed by atoms with E-state index in [4.69, 9.17) is 4.74 Å². The van der Waals surface area contributed by atoms with E-state index in [-0.39, 0.29) is 12.0 Å². The third-order valence-electron chi connectivity index (χ3n) is 4.29. The van der Waals surface area contributed by atoms with Crippen LogP contribution in [-0.2, 0) is 9.53 Å². The first-order valence-electron chi connectivity index (χ1n) is 6.72. The summed E-state index contributed by atoms with van der Waals surface area (Å²) in [5.74, 6) is -1.06. The lowest BCUT2D eigenvalue weighted by Gasteiger charge is -2.33. The average Bonchev–Trinajstić information content (AvgIpc) is 2.64. The van der Waals surface area contributed by atoms with Gasteiger partial charge in [-0.05, 0) is 19.9 Å². The van der Waals surface area contributed by atoms with Crippen molar-refractivity contribution in [2.75, 3.05) is 20.3 Å². The summed E-state index contributed by atoms with van der Waals surface area (Å²) in [5, 5.41) is 9.18. The van der Waals surface area contributed by atoms with Gasteiger partial charge in [0.25, 0.3) is 0 Å². The van der Waals surface area contributed by atoms with Crippen LogP contribution in [0.3, 0.4) is 0 Å². The molecule has 2 fully saturated rings. The van der Waals surface area contributed by atoms with Crippen molar-refractivity contribution in [3.8, 4) is 0 Å². The molecule has 98 valence electrons. The lowest BCUT2D eigenvalue weighted by molar-refractivity contribution is -0.143. The van der Waals surface area contributed by atoms with Gasteiger partial charge in [-0.3, -0.25) is 9.69 Å². The van der Waals surface area contributed by atoms with Gasteiger partial charge in [0.05, 0.1) is 19.1 Å². The van der Waals surface area contributed by atoms with Crippen molar-refractivity contribution in [1.82, 2.24) is 4.90 Å². The highest BCUT2D eigenvalue weighted by atomic mass is 16.5. The van der Waals surface area contributed by atoms with E-state index < -0.39 is 5.97 Å². The quantitative estimate of drug-likeness (QED) is 0.765. The van der Waals surface area contributed by atoms with Gasteiger partial charge in [0.1, 0.15) is 0 Å². The first kappa shape index (κ1) is 12.8. The summed E-state index contributed by atoms with van der Waals surface area (Å²) in [7, 11) is 2.07. The minimum absolute atomic E-state index is 0.0654. The van der Waals surface area contributed by atoms with Gasteiger partial charge < -0.3 is 9.84 Å². The molecule has 0 bridgehead atoms. The Kier molecular flexibility index (Phi) is 4.40.